The standard InChI is InChI=1S/C15H20BrNO2/c1-17(14-8-10-19-11-14)9-2-3-15(18)12-4-6-13(16)7-5-12/h4-7,14H,2-3,8-11H2,1H3. The van der Waals surface area contributed by atoms with Crippen LogP contribution in [0.1, 0.15) is 29.6 Å². The molecule has 1 aromatic rings. The van der Waals surface area contributed by atoms with E-state index >= 15 is 0 Å². The molecule has 0 saturated carbocycles. The van der Waals surface area contributed by atoms with Crippen LogP contribution in [0.25, 0.3) is 0 Å². The lowest BCUT2D eigenvalue weighted by molar-refractivity contribution is 0.0972. The topological polar surface area (TPSA) is 29.5 Å². The van der Waals surface area contributed by atoms with Crippen molar-refractivity contribution in [1.29, 1.82) is 0 Å². The molecule has 19 heavy (non-hydrogen) atoms. The number of benzene rings is 1. The molecule has 0 bridgehead atoms. The van der Waals surface area contributed by atoms with E-state index in [1.165, 1.54) is 0 Å². The molecule has 1 unspecified atom stereocenters. The quantitative estimate of drug-likeness (QED) is 0.752. The van der Waals surface area contributed by atoms with Gasteiger partial charge < -0.3 is 9.64 Å². The van der Waals surface area contributed by atoms with Gasteiger partial charge in [-0.05, 0) is 38.6 Å². The number of hydrogen-bond donors (Lipinski definition) is 0. The van der Waals surface area contributed by atoms with Crippen molar-refractivity contribution >= 4 is 21.7 Å². The van der Waals surface area contributed by atoms with Gasteiger partial charge >= 0.3 is 0 Å². The summed E-state index contributed by atoms with van der Waals surface area (Å²) in [5.41, 5.74) is 0.801. The van der Waals surface area contributed by atoms with E-state index in [2.05, 4.69) is 27.9 Å². The Kier molecular flexibility index (Phi) is 5.55. The Balaban J connectivity index is 1.73. The van der Waals surface area contributed by atoms with Crippen LogP contribution in [0.2, 0.25) is 0 Å². The Bertz CT molecular complexity index is 413. The highest BCUT2D eigenvalue weighted by atomic mass is 79.9. The van der Waals surface area contributed by atoms with Crippen molar-refractivity contribution in [2.24, 2.45) is 0 Å². The number of likely N-dealkylation sites (N-methyl/N-ethyl adjacent to an activating group) is 1. The summed E-state index contributed by atoms with van der Waals surface area (Å²) in [5, 5.41) is 0. The largest absolute Gasteiger partial charge is 0.380 e. The molecule has 4 heteroatoms. The number of rotatable bonds is 6. The fourth-order valence-corrected chi connectivity index (χ4v) is 2.59. The molecule has 0 N–H and O–H groups in total. The number of nitrogens with zero attached hydrogens (tertiary/aromatic N) is 1. The molecule has 1 atom stereocenters. The van der Waals surface area contributed by atoms with Gasteiger partial charge in [0, 0.05) is 29.1 Å². The third kappa shape index (κ3) is 4.41. The molecule has 1 aliphatic rings. The highest BCUT2D eigenvalue weighted by Crippen LogP contribution is 2.14. The van der Waals surface area contributed by atoms with E-state index in [-0.39, 0.29) is 5.78 Å². The van der Waals surface area contributed by atoms with Crippen molar-refractivity contribution in [2.45, 2.75) is 25.3 Å². The third-order valence-corrected chi connectivity index (χ3v) is 4.14. The molecular formula is C15H20BrNO2. The van der Waals surface area contributed by atoms with Crippen LogP contribution in [-0.4, -0.2) is 43.5 Å². The fourth-order valence-electron chi connectivity index (χ4n) is 2.32. The summed E-state index contributed by atoms with van der Waals surface area (Å²) in [6.07, 6.45) is 2.62. The zero-order valence-electron chi connectivity index (χ0n) is 11.3. The first-order valence-corrected chi connectivity index (χ1v) is 7.53. The van der Waals surface area contributed by atoms with Gasteiger partial charge in [0.2, 0.25) is 0 Å². The lowest BCUT2D eigenvalue weighted by Crippen LogP contribution is -2.32. The molecule has 0 aliphatic carbocycles. The van der Waals surface area contributed by atoms with Gasteiger partial charge in [0.1, 0.15) is 0 Å². The lowest BCUT2D eigenvalue weighted by Gasteiger charge is -2.22. The molecule has 0 aromatic heterocycles. The van der Waals surface area contributed by atoms with E-state index in [9.17, 15) is 4.79 Å². The summed E-state index contributed by atoms with van der Waals surface area (Å²) in [5.74, 6) is 0.226. The molecule has 3 nitrogen and oxygen atoms in total. The number of Topliss-reactive ketones (excluding diaryl/α,β-unsaturated/α-hetero) is 1. The molecule has 1 fully saturated rings. The van der Waals surface area contributed by atoms with Crippen LogP contribution in [0.15, 0.2) is 28.7 Å². The average Bonchev–Trinajstić information content (AvgIpc) is 2.93. The van der Waals surface area contributed by atoms with Crippen LogP contribution < -0.4 is 0 Å². The van der Waals surface area contributed by atoms with Gasteiger partial charge in [-0.25, -0.2) is 0 Å². The SMILES string of the molecule is CN(CCCC(=O)c1ccc(Br)cc1)C1CCOC1. The van der Waals surface area contributed by atoms with Gasteiger partial charge in [-0.2, -0.15) is 0 Å². The van der Waals surface area contributed by atoms with Crippen molar-refractivity contribution in [3.63, 3.8) is 0 Å². The van der Waals surface area contributed by atoms with Crippen LogP contribution >= 0.6 is 15.9 Å². The maximum absolute atomic E-state index is 12.0. The minimum absolute atomic E-state index is 0.226. The first-order chi connectivity index (χ1) is 9.16. The van der Waals surface area contributed by atoms with E-state index in [0.717, 1.165) is 42.6 Å². The molecule has 0 radical (unpaired) electrons. The second-order valence-corrected chi connectivity index (χ2v) is 5.95. The molecule has 0 amide bonds. The summed E-state index contributed by atoms with van der Waals surface area (Å²) in [7, 11) is 2.11. The average molecular weight is 326 g/mol. The highest BCUT2D eigenvalue weighted by molar-refractivity contribution is 9.10. The van der Waals surface area contributed by atoms with Crippen molar-refractivity contribution in [3.8, 4) is 0 Å². The van der Waals surface area contributed by atoms with Crippen molar-refractivity contribution in [1.82, 2.24) is 4.90 Å². The summed E-state index contributed by atoms with van der Waals surface area (Å²) >= 11 is 3.37. The van der Waals surface area contributed by atoms with E-state index in [1.807, 2.05) is 24.3 Å². The highest BCUT2D eigenvalue weighted by Gasteiger charge is 2.19. The van der Waals surface area contributed by atoms with Crippen LogP contribution in [0, 0.1) is 0 Å². The first kappa shape index (κ1) is 14.7. The molecule has 1 heterocycles. The van der Waals surface area contributed by atoms with Gasteiger partial charge in [0.25, 0.3) is 0 Å². The minimum atomic E-state index is 0.226. The predicted molar refractivity (Wildman–Crippen MR) is 79.6 cm³/mol. The normalized spacial score (nSPS) is 19.0. The Hall–Kier alpha value is -0.710. The smallest absolute Gasteiger partial charge is 0.162 e. The number of ether oxygens (including phenoxy) is 1. The Morgan fingerprint density at radius 1 is 1.42 bits per heavy atom. The summed E-state index contributed by atoms with van der Waals surface area (Å²) in [4.78, 5) is 14.3. The van der Waals surface area contributed by atoms with Gasteiger partial charge in [0.05, 0.1) is 6.61 Å². The van der Waals surface area contributed by atoms with E-state index in [0.29, 0.717) is 12.5 Å². The second kappa shape index (κ2) is 7.17. The third-order valence-electron chi connectivity index (χ3n) is 3.61. The maximum atomic E-state index is 12.0. The fraction of sp³-hybridized carbons (Fsp3) is 0.533. The van der Waals surface area contributed by atoms with Gasteiger partial charge in [-0.15, -0.1) is 0 Å². The van der Waals surface area contributed by atoms with Gasteiger partial charge in [-0.3, -0.25) is 4.79 Å². The number of halogens is 1. The molecule has 1 saturated heterocycles. The van der Waals surface area contributed by atoms with Gasteiger partial charge in [0.15, 0.2) is 5.78 Å². The molecule has 0 spiro atoms. The summed E-state index contributed by atoms with van der Waals surface area (Å²) in [6.45, 7) is 2.65. The van der Waals surface area contributed by atoms with E-state index in [4.69, 9.17) is 4.74 Å². The van der Waals surface area contributed by atoms with E-state index in [1.54, 1.807) is 0 Å². The van der Waals surface area contributed by atoms with Crippen molar-refractivity contribution in [2.75, 3.05) is 26.8 Å². The number of hydrogen-bond acceptors (Lipinski definition) is 3. The number of carbonyl (C=O) groups is 1. The monoisotopic (exact) mass is 325 g/mol. The zero-order valence-corrected chi connectivity index (χ0v) is 12.9. The Morgan fingerprint density at radius 2 is 2.16 bits per heavy atom. The molecule has 104 valence electrons. The van der Waals surface area contributed by atoms with Crippen LogP contribution in [0.3, 0.4) is 0 Å². The van der Waals surface area contributed by atoms with E-state index < -0.39 is 0 Å². The lowest BCUT2D eigenvalue weighted by atomic mass is 10.1. The molecule has 1 aliphatic heterocycles. The second-order valence-electron chi connectivity index (χ2n) is 5.03. The molecule has 2 rings (SSSR count). The predicted octanol–water partition coefficient (Wildman–Crippen LogP) is 3.13. The van der Waals surface area contributed by atoms with Crippen molar-refractivity contribution < 1.29 is 9.53 Å². The summed E-state index contributed by atoms with van der Waals surface area (Å²) < 4.78 is 6.38. The number of ketones is 1. The molecule has 1 aromatic carbocycles. The van der Waals surface area contributed by atoms with Gasteiger partial charge in [-0.1, -0.05) is 28.1 Å². The minimum Gasteiger partial charge on any atom is -0.380 e. The number of carbonyl (C=O) groups excluding carboxylic acids is 1. The van der Waals surface area contributed by atoms with Crippen LogP contribution in [0.4, 0.5) is 0 Å². The zero-order chi connectivity index (χ0) is 13.7. The molecular weight excluding hydrogens is 306 g/mol. The maximum Gasteiger partial charge on any atom is 0.162 e. The van der Waals surface area contributed by atoms with Crippen molar-refractivity contribution in [3.05, 3.63) is 34.3 Å². The Morgan fingerprint density at radius 3 is 2.79 bits per heavy atom. The van der Waals surface area contributed by atoms with Crippen LogP contribution in [-0.2, 0) is 4.74 Å². The van der Waals surface area contributed by atoms with Crippen LogP contribution in [0.5, 0.6) is 0 Å². The Labute approximate surface area is 123 Å². The summed E-state index contributed by atoms with van der Waals surface area (Å²) in [6, 6.07) is 8.11. The first-order valence-electron chi connectivity index (χ1n) is 6.73.